The Balaban J connectivity index is 0.00000758. The van der Waals surface area contributed by atoms with Gasteiger partial charge in [0.05, 0.1) is 23.6 Å². The van der Waals surface area contributed by atoms with Crippen LogP contribution < -0.4 is 9.30 Å². The number of aromatic nitrogens is 4. The summed E-state index contributed by atoms with van der Waals surface area (Å²) in [7, 11) is 0. The van der Waals surface area contributed by atoms with E-state index in [9.17, 15) is 2.74 Å². The summed E-state index contributed by atoms with van der Waals surface area (Å²) in [5.41, 5.74) is 18.8. The van der Waals surface area contributed by atoms with Crippen molar-refractivity contribution in [3.05, 3.63) is 234 Å². The van der Waals surface area contributed by atoms with E-state index in [1.54, 1.807) is 0 Å². The fourth-order valence-corrected chi connectivity index (χ4v) is 13.1. The predicted octanol–water partition coefficient (Wildman–Crippen LogP) is 20.5. The molecular weight excluding hydrogens is 1230 g/mol. The second-order valence-electron chi connectivity index (χ2n) is 28.0. The number of pyridine rings is 1. The van der Waals surface area contributed by atoms with Crippen LogP contribution in [0.4, 0.5) is 0 Å². The fraction of sp³-hybridized carbons (Fsp3) is 0.250. The molecule has 9 aromatic carbocycles. The standard InChI is InChI=1S/C80H74N4O.Pt/c1-76(2,3)53-35-38-81-73(44-53)84-70-32-20-19-29-62(70)63-34-33-58(46-71(63)84)85-57-26-21-25-56(45-57)82-49-83-74-59(50-23-15-14-16-24-50)30-22-31-64(74)66-48-69-68(79(10,11)36-37-80(69,12)13)47-65(66)60-27-17-18-28-61(60)67-41-52(42-72(82)75(67)83)51-39-54(77(4,5)6)43-55(40-51)78(7,8)9;/h14-35,38-44,47-48H,36-37H2,1-13H3;/q-2;/i14D,15D,16D,23D,24D;. The molecule has 0 radical (unpaired) electrons. The second kappa shape index (κ2) is 20.5. The van der Waals surface area contributed by atoms with E-state index in [0.29, 0.717) is 28.4 Å². The number of para-hydroxylation sites is 2. The van der Waals surface area contributed by atoms with Gasteiger partial charge in [-0.05, 0) is 165 Å². The van der Waals surface area contributed by atoms with Crippen molar-refractivity contribution < 1.29 is 37.2 Å². The van der Waals surface area contributed by atoms with E-state index in [0.717, 1.165) is 96.0 Å². The average Bonchev–Trinajstić information content (AvgIpc) is 1.66. The largest absolute Gasteiger partial charge is 0.510 e. The minimum Gasteiger partial charge on any atom is -0.510 e. The predicted molar refractivity (Wildman–Crippen MR) is 352 cm³/mol. The fourth-order valence-electron chi connectivity index (χ4n) is 13.1. The van der Waals surface area contributed by atoms with E-state index >= 15 is 0 Å². The number of rotatable bonds is 6. The Kier molecular flexibility index (Phi) is 12.2. The first kappa shape index (κ1) is 51.1. The van der Waals surface area contributed by atoms with Crippen molar-refractivity contribution >= 4 is 32.8 Å². The normalized spacial score (nSPS) is 15.2. The maximum absolute atomic E-state index is 9.63. The molecule has 3 aromatic heterocycles. The Morgan fingerprint density at radius 1 is 0.512 bits per heavy atom. The van der Waals surface area contributed by atoms with E-state index in [1.807, 2.05) is 42.6 Å². The first-order chi connectivity index (χ1) is 42.6. The van der Waals surface area contributed by atoms with E-state index in [2.05, 4.69) is 237 Å². The molecular formula is C80H74N4OPt-2. The van der Waals surface area contributed by atoms with Gasteiger partial charge in [-0.25, -0.2) is 4.98 Å². The van der Waals surface area contributed by atoms with Gasteiger partial charge in [0.1, 0.15) is 5.82 Å². The van der Waals surface area contributed by atoms with Crippen LogP contribution in [0.25, 0.3) is 106 Å². The van der Waals surface area contributed by atoms with Crippen LogP contribution in [0, 0.1) is 18.5 Å². The third-order valence-electron chi connectivity index (χ3n) is 18.2. The summed E-state index contributed by atoms with van der Waals surface area (Å²) >= 11 is 0. The second-order valence-corrected chi connectivity index (χ2v) is 28.0. The summed E-state index contributed by atoms with van der Waals surface area (Å²) < 4.78 is 59.4. The molecule has 432 valence electrons. The Hall–Kier alpha value is -8.11. The van der Waals surface area contributed by atoms with Crippen LogP contribution in [-0.4, -0.2) is 14.1 Å². The molecule has 0 bridgehead atoms. The smallest absolute Gasteiger partial charge is 0.268 e. The molecule has 6 heteroatoms. The molecule has 0 saturated heterocycles. The number of nitrogens with zero attached hydrogens (tertiary/aromatic N) is 4. The van der Waals surface area contributed by atoms with Gasteiger partial charge >= 0.3 is 0 Å². The van der Waals surface area contributed by atoms with Crippen LogP contribution in [0.5, 0.6) is 11.5 Å². The van der Waals surface area contributed by atoms with Crippen LogP contribution in [-0.2, 0) is 48.1 Å². The summed E-state index contributed by atoms with van der Waals surface area (Å²) in [5.74, 6) is 1.76. The van der Waals surface area contributed by atoms with Crippen molar-refractivity contribution in [2.24, 2.45) is 0 Å². The Morgan fingerprint density at radius 2 is 1.10 bits per heavy atom. The molecule has 14 rings (SSSR count). The molecule has 0 fully saturated rings. The molecule has 12 aromatic rings. The van der Waals surface area contributed by atoms with Crippen molar-refractivity contribution in [1.29, 1.82) is 0 Å². The van der Waals surface area contributed by atoms with Crippen LogP contribution in [0.1, 0.15) is 138 Å². The van der Waals surface area contributed by atoms with Gasteiger partial charge in [0.15, 0.2) is 0 Å². The number of ether oxygens (including phenoxy) is 1. The van der Waals surface area contributed by atoms with Crippen LogP contribution in [0.15, 0.2) is 188 Å². The molecule has 0 spiro atoms. The van der Waals surface area contributed by atoms with Gasteiger partial charge < -0.3 is 13.9 Å². The van der Waals surface area contributed by atoms with E-state index in [4.69, 9.17) is 13.8 Å². The molecule has 0 saturated carbocycles. The molecule has 1 aliphatic carbocycles. The number of hydrogen-bond acceptors (Lipinski definition) is 2. The van der Waals surface area contributed by atoms with Gasteiger partial charge in [-0.15, -0.1) is 29.7 Å². The van der Waals surface area contributed by atoms with E-state index < -0.39 is 18.1 Å². The maximum Gasteiger partial charge on any atom is 0.268 e. The van der Waals surface area contributed by atoms with Gasteiger partial charge in [-0.1, -0.05) is 217 Å². The molecule has 2 aliphatic rings. The summed E-state index contributed by atoms with van der Waals surface area (Å²) in [6, 6.07) is 59.4. The molecule has 86 heavy (non-hydrogen) atoms. The summed E-state index contributed by atoms with van der Waals surface area (Å²) in [6.07, 6.45) is 7.86. The van der Waals surface area contributed by atoms with Crippen LogP contribution in [0.3, 0.4) is 0 Å². The third kappa shape index (κ3) is 9.66. The van der Waals surface area contributed by atoms with Gasteiger partial charge in [0, 0.05) is 44.3 Å². The van der Waals surface area contributed by atoms with Gasteiger partial charge in [-0.3, -0.25) is 4.57 Å². The molecule has 0 unspecified atom stereocenters. The molecule has 4 heterocycles. The zero-order valence-electron chi connectivity index (χ0n) is 56.4. The quantitative estimate of drug-likeness (QED) is 0.123. The Morgan fingerprint density at radius 3 is 1.79 bits per heavy atom. The van der Waals surface area contributed by atoms with Crippen molar-refractivity contribution in [2.45, 2.75) is 130 Å². The first-order valence-electron chi connectivity index (χ1n) is 32.4. The number of hydrogen-bond donors (Lipinski definition) is 0. The van der Waals surface area contributed by atoms with Crippen molar-refractivity contribution in [3.8, 4) is 84.3 Å². The Bertz CT molecular complexity index is 4950. The van der Waals surface area contributed by atoms with Crippen molar-refractivity contribution in [2.75, 3.05) is 0 Å². The minimum absolute atomic E-state index is 0. The number of benzene rings is 9. The Labute approximate surface area is 529 Å². The molecule has 1 aliphatic heterocycles. The topological polar surface area (TPSA) is 35.9 Å². The summed E-state index contributed by atoms with van der Waals surface area (Å²) in [6.45, 7) is 29.7. The molecule has 0 amide bonds. The van der Waals surface area contributed by atoms with Crippen LogP contribution >= 0.6 is 0 Å². The summed E-state index contributed by atoms with van der Waals surface area (Å²) in [4.78, 5) is 4.92. The zero-order valence-corrected chi connectivity index (χ0v) is 53.7. The third-order valence-corrected chi connectivity index (χ3v) is 18.2. The van der Waals surface area contributed by atoms with Gasteiger partial charge in [0.2, 0.25) is 0 Å². The number of imidazole rings is 1. The molecule has 0 N–H and O–H groups in total. The van der Waals surface area contributed by atoms with E-state index in [-0.39, 0.29) is 65.8 Å². The molecule has 0 atom stereocenters. The number of fused-ring (bicyclic) bond motifs is 11. The average molecular weight is 1310 g/mol. The van der Waals surface area contributed by atoms with Gasteiger partial charge in [-0.2, -0.15) is 18.2 Å². The maximum atomic E-state index is 9.63. The minimum atomic E-state index is -0.446. The monoisotopic (exact) mass is 1310 g/mol. The SMILES string of the molecule is [2H]c1c([2H])c([2H])c(-c2cccc3c2-[n+]2[c-]n(-c4[c-]c(Oc5[c-]c6c(cc5)c5ccccc5n6-c5cc(C(C)(C)C)ccn5)ccc4)c4cc(-c5cc(C(C)(C)C)cc(C(C)(C)C)c5)cc(c42)-c2ccccc2-c2cc4c(cc2-3)C(C)(C)CCC4(C)C)c([2H])c1[2H].[Pt]. The summed E-state index contributed by atoms with van der Waals surface area (Å²) in [5, 5.41) is 2.11. The van der Waals surface area contributed by atoms with E-state index in [1.165, 1.54) is 27.8 Å². The van der Waals surface area contributed by atoms with Crippen LogP contribution in [0.2, 0.25) is 0 Å². The van der Waals surface area contributed by atoms with Crippen molar-refractivity contribution in [3.63, 3.8) is 0 Å². The van der Waals surface area contributed by atoms with Gasteiger partial charge in [0.25, 0.3) is 6.33 Å². The first-order valence-corrected chi connectivity index (χ1v) is 29.9. The van der Waals surface area contributed by atoms with Crippen molar-refractivity contribution in [1.82, 2.24) is 14.1 Å². The molecule has 5 nitrogen and oxygen atoms in total. The zero-order chi connectivity index (χ0) is 63.5.